The topological polar surface area (TPSA) is 50.2 Å². The molecule has 1 aromatic rings. The first kappa shape index (κ1) is 13.3. The number of carbonyl (C=O) groups is 1. The fraction of sp³-hybridized carbons (Fsp3) is 0.455. The van der Waals surface area contributed by atoms with E-state index < -0.39 is 11.9 Å². The van der Waals surface area contributed by atoms with Crippen LogP contribution in [0.1, 0.15) is 19.4 Å². The van der Waals surface area contributed by atoms with Crippen molar-refractivity contribution in [3.63, 3.8) is 0 Å². The Morgan fingerprint density at radius 3 is 2.56 bits per heavy atom. The summed E-state index contributed by atoms with van der Waals surface area (Å²) in [6.07, 6.45) is 1.90. The van der Waals surface area contributed by atoms with Crippen LogP contribution in [0.25, 0.3) is 0 Å². The van der Waals surface area contributed by atoms with E-state index in [9.17, 15) is 4.79 Å². The summed E-state index contributed by atoms with van der Waals surface area (Å²) >= 11 is 11.6. The largest absolute Gasteiger partial charge is 0.481 e. The van der Waals surface area contributed by atoms with Gasteiger partial charge in [0.1, 0.15) is 5.15 Å². The predicted octanol–water partition coefficient (Wildman–Crippen LogP) is 3.29. The standard InChI is InChI=1S/C11H13Cl2NO2/c1-6(2)8(11(15)16)3-7-5-14-10(13)4-9(7)12/h4-6,8H,3H2,1-2H3,(H,15,16). The predicted molar refractivity (Wildman–Crippen MR) is 63.9 cm³/mol. The van der Waals surface area contributed by atoms with E-state index in [1.165, 1.54) is 12.3 Å². The molecule has 1 atom stereocenters. The molecule has 0 bridgehead atoms. The smallest absolute Gasteiger partial charge is 0.307 e. The summed E-state index contributed by atoms with van der Waals surface area (Å²) in [4.78, 5) is 14.9. The maximum absolute atomic E-state index is 11.0. The van der Waals surface area contributed by atoms with Gasteiger partial charge in [0.2, 0.25) is 0 Å². The van der Waals surface area contributed by atoms with Gasteiger partial charge < -0.3 is 5.11 Å². The van der Waals surface area contributed by atoms with Crippen molar-refractivity contribution >= 4 is 29.2 Å². The van der Waals surface area contributed by atoms with Crippen molar-refractivity contribution in [3.8, 4) is 0 Å². The lowest BCUT2D eigenvalue weighted by Gasteiger charge is -2.16. The van der Waals surface area contributed by atoms with Gasteiger partial charge >= 0.3 is 5.97 Å². The first-order valence-corrected chi connectivity index (χ1v) is 5.70. The second kappa shape index (κ2) is 5.51. The van der Waals surface area contributed by atoms with Crippen molar-refractivity contribution in [2.24, 2.45) is 11.8 Å². The van der Waals surface area contributed by atoms with Crippen molar-refractivity contribution in [1.29, 1.82) is 0 Å². The molecular formula is C11H13Cl2NO2. The summed E-state index contributed by atoms with van der Waals surface area (Å²) in [6.45, 7) is 3.74. The van der Waals surface area contributed by atoms with E-state index in [-0.39, 0.29) is 5.92 Å². The van der Waals surface area contributed by atoms with Gasteiger partial charge in [0, 0.05) is 11.2 Å². The van der Waals surface area contributed by atoms with Crippen molar-refractivity contribution in [2.75, 3.05) is 0 Å². The van der Waals surface area contributed by atoms with E-state index in [0.717, 1.165) is 0 Å². The van der Waals surface area contributed by atoms with Crippen LogP contribution in [-0.4, -0.2) is 16.1 Å². The van der Waals surface area contributed by atoms with Gasteiger partial charge in [-0.05, 0) is 24.0 Å². The Morgan fingerprint density at radius 1 is 1.50 bits per heavy atom. The SMILES string of the molecule is CC(C)C(Cc1cnc(Cl)cc1Cl)C(=O)O. The number of rotatable bonds is 4. The molecule has 0 spiro atoms. The molecule has 1 aromatic heterocycles. The minimum absolute atomic E-state index is 0.0456. The maximum atomic E-state index is 11.0. The van der Waals surface area contributed by atoms with Crippen LogP contribution in [0, 0.1) is 11.8 Å². The fourth-order valence-corrected chi connectivity index (χ4v) is 1.87. The Kier molecular flexibility index (Phi) is 4.56. The van der Waals surface area contributed by atoms with Gasteiger partial charge in [-0.25, -0.2) is 4.98 Å². The minimum atomic E-state index is -0.819. The summed E-state index contributed by atoms with van der Waals surface area (Å²) in [7, 11) is 0. The molecule has 16 heavy (non-hydrogen) atoms. The second-order valence-corrected chi connectivity index (χ2v) is 4.79. The number of aromatic nitrogens is 1. The van der Waals surface area contributed by atoms with Crippen molar-refractivity contribution in [1.82, 2.24) is 4.98 Å². The highest BCUT2D eigenvalue weighted by atomic mass is 35.5. The number of hydrogen-bond donors (Lipinski definition) is 1. The number of carboxylic acids is 1. The van der Waals surface area contributed by atoms with Crippen LogP contribution in [0.15, 0.2) is 12.3 Å². The van der Waals surface area contributed by atoms with Crippen LogP contribution in [0.3, 0.4) is 0 Å². The summed E-state index contributed by atoms with van der Waals surface area (Å²) in [5.41, 5.74) is 0.715. The quantitative estimate of drug-likeness (QED) is 0.847. The molecule has 1 N–H and O–H groups in total. The van der Waals surface area contributed by atoms with Crippen LogP contribution in [-0.2, 0) is 11.2 Å². The third-order valence-electron chi connectivity index (χ3n) is 2.46. The summed E-state index contributed by atoms with van der Waals surface area (Å²) in [5, 5.41) is 9.84. The zero-order chi connectivity index (χ0) is 12.3. The van der Waals surface area contributed by atoms with Crippen molar-refractivity contribution in [2.45, 2.75) is 20.3 Å². The Hall–Kier alpha value is -0.800. The van der Waals surface area contributed by atoms with Crippen LogP contribution in [0.5, 0.6) is 0 Å². The lowest BCUT2D eigenvalue weighted by atomic mass is 9.90. The molecule has 1 unspecified atom stereocenters. The van der Waals surface area contributed by atoms with Crippen LogP contribution >= 0.6 is 23.2 Å². The van der Waals surface area contributed by atoms with E-state index in [1.807, 2.05) is 13.8 Å². The molecule has 0 fully saturated rings. The zero-order valence-electron chi connectivity index (χ0n) is 9.08. The molecule has 1 rings (SSSR count). The first-order chi connectivity index (χ1) is 7.41. The zero-order valence-corrected chi connectivity index (χ0v) is 10.6. The molecule has 0 aliphatic rings. The Labute approximate surface area is 104 Å². The molecule has 0 amide bonds. The Balaban J connectivity index is 2.90. The van der Waals surface area contributed by atoms with E-state index >= 15 is 0 Å². The van der Waals surface area contributed by atoms with Gasteiger partial charge in [-0.1, -0.05) is 37.0 Å². The van der Waals surface area contributed by atoms with Crippen LogP contribution < -0.4 is 0 Å². The highest BCUT2D eigenvalue weighted by molar-refractivity contribution is 6.34. The van der Waals surface area contributed by atoms with Gasteiger partial charge in [0.05, 0.1) is 5.92 Å². The number of halogens is 2. The maximum Gasteiger partial charge on any atom is 0.307 e. The molecule has 0 aromatic carbocycles. The van der Waals surface area contributed by atoms with E-state index in [4.69, 9.17) is 28.3 Å². The minimum Gasteiger partial charge on any atom is -0.481 e. The fourth-order valence-electron chi connectivity index (χ4n) is 1.43. The molecule has 0 saturated heterocycles. The second-order valence-electron chi connectivity index (χ2n) is 3.99. The number of hydrogen-bond acceptors (Lipinski definition) is 2. The molecule has 0 aliphatic heterocycles. The van der Waals surface area contributed by atoms with E-state index in [0.29, 0.717) is 22.2 Å². The summed E-state index contributed by atoms with van der Waals surface area (Å²) in [6, 6.07) is 1.53. The van der Waals surface area contributed by atoms with Gasteiger partial charge in [0.25, 0.3) is 0 Å². The molecule has 1 heterocycles. The average molecular weight is 262 g/mol. The van der Waals surface area contributed by atoms with E-state index in [1.54, 1.807) is 0 Å². The molecule has 0 aliphatic carbocycles. The average Bonchev–Trinajstić information content (AvgIpc) is 2.15. The molecule has 0 radical (unpaired) electrons. The van der Waals surface area contributed by atoms with Gasteiger partial charge in [-0.3, -0.25) is 4.79 Å². The van der Waals surface area contributed by atoms with Crippen LogP contribution in [0.2, 0.25) is 10.2 Å². The molecular weight excluding hydrogens is 249 g/mol. The summed E-state index contributed by atoms with van der Waals surface area (Å²) < 4.78 is 0. The monoisotopic (exact) mass is 261 g/mol. The normalized spacial score (nSPS) is 12.8. The first-order valence-electron chi connectivity index (χ1n) is 4.94. The number of carboxylic acid groups (broad SMARTS) is 1. The third-order valence-corrected chi connectivity index (χ3v) is 3.02. The molecule has 88 valence electrons. The van der Waals surface area contributed by atoms with Gasteiger partial charge in [0.15, 0.2) is 0 Å². The Bertz CT molecular complexity index is 394. The van der Waals surface area contributed by atoms with Gasteiger partial charge in [-0.2, -0.15) is 0 Å². The summed E-state index contributed by atoms with van der Waals surface area (Å²) in [5.74, 6) is -1.23. The number of pyridine rings is 1. The van der Waals surface area contributed by atoms with Crippen molar-refractivity contribution in [3.05, 3.63) is 28.0 Å². The number of nitrogens with zero attached hydrogens (tertiary/aromatic N) is 1. The van der Waals surface area contributed by atoms with E-state index in [2.05, 4.69) is 4.98 Å². The van der Waals surface area contributed by atoms with Crippen molar-refractivity contribution < 1.29 is 9.90 Å². The van der Waals surface area contributed by atoms with Crippen LogP contribution in [0.4, 0.5) is 0 Å². The Morgan fingerprint density at radius 2 is 2.12 bits per heavy atom. The lowest BCUT2D eigenvalue weighted by molar-refractivity contribution is -0.143. The molecule has 0 saturated carbocycles. The molecule has 5 heteroatoms. The molecule has 3 nitrogen and oxygen atoms in total. The lowest BCUT2D eigenvalue weighted by Crippen LogP contribution is -2.22. The van der Waals surface area contributed by atoms with Gasteiger partial charge in [-0.15, -0.1) is 0 Å². The number of aliphatic carboxylic acids is 1. The highest BCUT2D eigenvalue weighted by Gasteiger charge is 2.22. The third kappa shape index (κ3) is 3.35. The highest BCUT2D eigenvalue weighted by Crippen LogP contribution is 2.24.